The monoisotopic (exact) mass is 575 g/mol. The fourth-order valence-corrected chi connectivity index (χ4v) is 5.04. The van der Waals surface area contributed by atoms with Gasteiger partial charge >= 0.3 is 0 Å². The highest BCUT2D eigenvalue weighted by molar-refractivity contribution is 6.05. The second kappa shape index (κ2) is 18.6. The van der Waals surface area contributed by atoms with Crippen LogP contribution in [0.2, 0.25) is 0 Å². The van der Waals surface area contributed by atoms with Crippen molar-refractivity contribution in [3.05, 3.63) is 97.1 Å². The van der Waals surface area contributed by atoms with Crippen LogP contribution < -0.4 is 10.3 Å². The fraction of sp³-hybridized carbons (Fsp3) is 0.412. The molecule has 1 saturated heterocycles. The summed E-state index contributed by atoms with van der Waals surface area (Å²) < 4.78 is 13.6. The Labute approximate surface area is 253 Å². The molecule has 8 heteroatoms. The number of hydrogen-bond donors (Lipinski definition) is 1. The van der Waals surface area contributed by atoms with Crippen LogP contribution >= 0.6 is 0 Å². The van der Waals surface area contributed by atoms with Gasteiger partial charge in [0, 0.05) is 45.1 Å². The molecule has 2 aliphatic rings. The van der Waals surface area contributed by atoms with E-state index < -0.39 is 0 Å². The maximum absolute atomic E-state index is 13.6. The van der Waals surface area contributed by atoms with Gasteiger partial charge in [-0.1, -0.05) is 39.5 Å². The quantitative estimate of drug-likeness (QED) is 0.329. The lowest BCUT2D eigenvalue weighted by molar-refractivity contribution is 0.268. The summed E-state index contributed by atoms with van der Waals surface area (Å²) in [5.41, 5.74) is 7.96. The van der Waals surface area contributed by atoms with E-state index in [2.05, 4.69) is 76.9 Å². The van der Waals surface area contributed by atoms with Gasteiger partial charge in [-0.05, 0) is 86.9 Å². The zero-order chi connectivity index (χ0) is 30.9. The SMILES string of the molecule is C=C.C=CN1NC=NC(=Nc2ccc(N(C)Cc3cccc(F)c3)c(C)c2)/C1=C\CN1CCCN(CCC)CC1.CC. The Bertz CT molecular complexity index is 1210. The lowest BCUT2D eigenvalue weighted by atomic mass is 10.1. The first-order valence-electron chi connectivity index (χ1n) is 15.0. The molecule has 0 aliphatic carbocycles. The third-order valence-electron chi connectivity index (χ3n) is 6.95. The van der Waals surface area contributed by atoms with Crippen LogP contribution in [0.3, 0.4) is 0 Å². The van der Waals surface area contributed by atoms with E-state index >= 15 is 0 Å². The van der Waals surface area contributed by atoms with Crippen LogP contribution in [0.4, 0.5) is 15.8 Å². The maximum Gasteiger partial charge on any atom is 0.179 e. The van der Waals surface area contributed by atoms with E-state index in [0.717, 1.165) is 54.4 Å². The van der Waals surface area contributed by atoms with Gasteiger partial charge in [0.05, 0.1) is 5.69 Å². The van der Waals surface area contributed by atoms with Gasteiger partial charge in [0.2, 0.25) is 0 Å². The minimum atomic E-state index is -0.215. The molecule has 1 fully saturated rings. The van der Waals surface area contributed by atoms with E-state index in [0.29, 0.717) is 12.4 Å². The molecule has 7 nitrogen and oxygen atoms in total. The lowest BCUT2D eigenvalue weighted by Gasteiger charge is -2.27. The molecule has 1 N–H and O–H groups in total. The summed E-state index contributed by atoms with van der Waals surface area (Å²) in [6.07, 6.45) is 7.96. The van der Waals surface area contributed by atoms with Crippen LogP contribution in [0, 0.1) is 12.7 Å². The molecule has 0 atom stereocenters. The predicted octanol–water partition coefficient (Wildman–Crippen LogP) is 6.92. The molecule has 42 heavy (non-hydrogen) atoms. The number of anilines is 1. The van der Waals surface area contributed by atoms with Crippen molar-refractivity contribution >= 4 is 23.5 Å². The number of aryl methyl sites for hydroxylation is 1. The largest absolute Gasteiger partial charge is 0.370 e. The Morgan fingerprint density at radius 1 is 1.07 bits per heavy atom. The second-order valence-corrected chi connectivity index (χ2v) is 9.92. The fourth-order valence-electron chi connectivity index (χ4n) is 5.04. The van der Waals surface area contributed by atoms with E-state index in [-0.39, 0.29) is 5.82 Å². The molecule has 2 heterocycles. The zero-order valence-electron chi connectivity index (χ0n) is 26.3. The molecule has 0 bridgehead atoms. The van der Waals surface area contributed by atoms with Gasteiger partial charge in [-0.15, -0.1) is 13.2 Å². The Morgan fingerprint density at radius 3 is 2.50 bits per heavy atom. The van der Waals surface area contributed by atoms with Gasteiger partial charge < -0.3 is 9.80 Å². The molecular formula is C34H50FN7. The number of hydrogen-bond acceptors (Lipinski definition) is 6. The predicted molar refractivity (Wildman–Crippen MR) is 179 cm³/mol. The van der Waals surface area contributed by atoms with Gasteiger partial charge in [0.25, 0.3) is 0 Å². The molecule has 0 radical (unpaired) electrons. The molecule has 0 aromatic heterocycles. The van der Waals surface area contributed by atoms with Crippen molar-refractivity contribution in [3.63, 3.8) is 0 Å². The number of nitrogens with zero attached hydrogens (tertiary/aromatic N) is 6. The van der Waals surface area contributed by atoms with Gasteiger partial charge in [0.15, 0.2) is 5.84 Å². The van der Waals surface area contributed by atoms with E-state index in [1.807, 2.05) is 38.0 Å². The summed E-state index contributed by atoms with van der Waals surface area (Å²) >= 11 is 0. The first-order valence-corrected chi connectivity index (χ1v) is 15.0. The summed E-state index contributed by atoms with van der Waals surface area (Å²) in [6.45, 7) is 25.3. The molecule has 4 rings (SSSR count). The lowest BCUT2D eigenvalue weighted by Crippen LogP contribution is -2.39. The topological polar surface area (TPSA) is 49.7 Å². The minimum absolute atomic E-state index is 0.215. The summed E-state index contributed by atoms with van der Waals surface area (Å²) in [7, 11) is 2.02. The Balaban J connectivity index is 0.00000148. The highest BCUT2D eigenvalue weighted by Gasteiger charge is 2.19. The van der Waals surface area contributed by atoms with E-state index in [9.17, 15) is 4.39 Å². The zero-order valence-corrected chi connectivity index (χ0v) is 26.3. The van der Waals surface area contributed by atoms with Crippen molar-refractivity contribution in [1.29, 1.82) is 0 Å². The second-order valence-electron chi connectivity index (χ2n) is 9.92. The summed E-state index contributed by atoms with van der Waals surface area (Å²) in [6, 6.07) is 12.9. The Hall–Kier alpha value is -3.75. The smallest absolute Gasteiger partial charge is 0.179 e. The molecule has 0 saturated carbocycles. The maximum atomic E-state index is 13.6. The van der Waals surface area contributed by atoms with Gasteiger partial charge in [-0.25, -0.2) is 14.4 Å². The van der Waals surface area contributed by atoms with Crippen molar-refractivity contribution in [1.82, 2.24) is 20.2 Å². The van der Waals surface area contributed by atoms with Gasteiger partial charge in [0.1, 0.15) is 17.9 Å². The highest BCUT2D eigenvalue weighted by Crippen LogP contribution is 2.27. The molecular weight excluding hydrogens is 525 g/mol. The van der Waals surface area contributed by atoms with Crippen LogP contribution in [-0.2, 0) is 6.54 Å². The standard InChI is InChI=1S/C30H40FN7.C2H6.C2H4/c1-5-14-36-15-8-16-37(19-18-36)17-13-29-30(32-23-33-38(29)6-2)34-27-11-12-28(24(3)20-27)35(4)22-25-9-7-10-26(31)21-25;2*1-2/h6-7,9-13,20-21,23H,2,5,8,14-19,22H2,1,3-4H3,(H,32,33,34);1-2H3;1-2H2/b29-13+;;. The van der Waals surface area contributed by atoms with Crippen molar-refractivity contribution in [2.75, 3.05) is 51.2 Å². The third kappa shape index (κ3) is 10.3. The van der Waals surface area contributed by atoms with Crippen LogP contribution in [0.5, 0.6) is 0 Å². The normalized spacial score (nSPS) is 17.4. The third-order valence-corrected chi connectivity index (χ3v) is 6.95. The first kappa shape index (κ1) is 34.5. The summed E-state index contributed by atoms with van der Waals surface area (Å²) in [4.78, 5) is 16.6. The van der Waals surface area contributed by atoms with E-state index in [4.69, 9.17) is 4.99 Å². The van der Waals surface area contributed by atoms with Crippen LogP contribution in [0.1, 0.15) is 44.7 Å². The molecule has 2 aromatic rings. The molecule has 2 aromatic carbocycles. The minimum Gasteiger partial charge on any atom is -0.370 e. The number of hydrazine groups is 1. The molecule has 0 amide bonds. The number of amidine groups is 1. The highest BCUT2D eigenvalue weighted by atomic mass is 19.1. The van der Waals surface area contributed by atoms with Gasteiger partial charge in [-0.3, -0.25) is 15.3 Å². The van der Waals surface area contributed by atoms with Crippen LogP contribution in [0.25, 0.3) is 0 Å². The summed E-state index contributed by atoms with van der Waals surface area (Å²) in [5, 5.41) is 1.86. The molecule has 0 unspecified atom stereocenters. The molecule has 228 valence electrons. The first-order chi connectivity index (χ1) is 20.5. The summed E-state index contributed by atoms with van der Waals surface area (Å²) in [5.74, 6) is 0.430. The molecule has 0 spiro atoms. The van der Waals surface area contributed by atoms with Crippen LogP contribution in [-0.4, -0.2) is 73.3 Å². The van der Waals surface area contributed by atoms with Gasteiger partial charge in [-0.2, -0.15) is 0 Å². The van der Waals surface area contributed by atoms with E-state index in [1.165, 1.54) is 32.0 Å². The average Bonchev–Trinajstić information content (AvgIpc) is 3.23. The number of aliphatic imine (C=N–C) groups is 2. The number of halogens is 1. The van der Waals surface area contributed by atoms with E-state index in [1.54, 1.807) is 24.7 Å². The van der Waals surface area contributed by atoms with Crippen molar-refractivity contribution in [2.24, 2.45) is 9.98 Å². The Morgan fingerprint density at radius 2 is 1.81 bits per heavy atom. The van der Waals surface area contributed by atoms with Crippen molar-refractivity contribution in [3.8, 4) is 0 Å². The van der Waals surface area contributed by atoms with Crippen LogP contribution in [0.15, 0.2) is 90.2 Å². The van der Waals surface area contributed by atoms with Crippen molar-refractivity contribution < 1.29 is 4.39 Å². The molecule has 2 aliphatic heterocycles. The Kier molecular flexibility index (Phi) is 15.3. The number of nitrogens with one attached hydrogen (secondary N) is 1. The average molecular weight is 576 g/mol. The number of benzene rings is 2. The number of rotatable bonds is 9. The van der Waals surface area contributed by atoms with Crippen molar-refractivity contribution in [2.45, 2.75) is 47.1 Å².